The number of halogens is 1. The van der Waals surface area contributed by atoms with Gasteiger partial charge in [0.1, 0.15) is 0 Å². The molecule has 1 saturated heterocycles. The predicted molar refractivity (Wildman–Crippen MR) is 86.1 cm³/mol. The van der Waals surface area contributed by atoms with Gasteiger partial charge in [-0.05, 0) is 37.1 Å². The normalized spacial score (nSPS) is 19.5. The number of nitrogens with one attached hydrogen (secondary N) is 2. The summed E-state index contributed by atoms with van der Waals surface area (Å²) >= 11 is 6.10. The third-order valence-electron chi connectivity index (χ3n) is 3.79. The van der Waals surface area contributed by atoms with E-state index in [9.17, 15) is 4.79 Å². The number of amides is 1. The van der Waals surface area contributed by atoms with Gasteiger partial charge in [0.25, 0.3) is 0 Å². The maximum absolute atomic E-state index is 11.1. The fourth-order valence-electron chi connectivity index (χ4n) is 2.74. The van der Waals surface area contributed by atoms with Crippen molar-refractivity contribution in [1.82, 2.24) is 10.6 Å². The third kappa shape index (κ3) is 5.16. The molecule has 1 heterocycles. The number of hydrogen-bond acceptors (Lipinski definition) is 4. The SMILES string of the molecule is COC(=O)NCCOC(c1cccc(Cl)c1)[C@@H]1CCCNC1. The van der Waals surface area contributed by atoms with Crippen LogP contribution >= 0.6 is 11.6 Å². The second-order valence-electron chi connectivity index (χ2n) is 5.37. The Morgan fingerprint density at radius 1 is 1.55 bits per heavy atom. The van der Waals surface area contributed by atoms with Crippen LogP contribution in [0.5, 0.6) is 0 Å². The van der Waals surface area contributed by atoms with E-state index in [2.05, 4.69) is 15.4 Å². The molecule has 0 saturated carbocycles. The quantitative estimate of drug-likeness (QED) is 0.789. The average molecular weight is 327 g/mol. The average Bonchev–Trinajstić information content (AvgIpc) is 2.55. The number of methoxy groups -OCH3 is 1. The molecule has 122 valence electrons. The standard InChI is InChI=1S/C16H23ClN2O3/c1-21-16(20)19-8-9-22-15(13-5-3-7-18-11-13)12-4-2-6-14(17)10-12/h2,4,6,10,13,15,18H,3,5,7-9,11H2,1H3,(H,19,20)/t13-,15?/m1/s1. The van der Waals surface area contributed by atoms with Crippen molar-refractivity contribution in [2.24, 2.45) is 5.92 Å². The number of benzene rings is 1. The first kappa shape index (κ1) is 17.1. The van der Waals surface area contributed by atoms with Crippen molar-refractivity contribution >= 4 is 17.7 Å². The number of carbonyl (C=O) groups is 1. The Hall–Kier alpha value is -1.30. The Balaban J connectivity index is 1.97. The summed E-state index contributed by atoms with van der Waals surface area (Å²) in [6, 6.07) is 7.80. The Morgan fingerprint density at radius 3 is 3.09 bits per heavy atom. The van der Waals surface area contributed by atoms with Crippen LogP contribution in [-0.2, 0) is 9.47 Å². The zero-order chi connectivity index (χ0) is 15.8. The van der Waals surface area contributed by atoms with Gasteiger partial charge >= 0.3 is 6.09 Å². The van der Waals surface area contributed by atoms with Crippen molar-refractivity contribution in [3.05, 3.63) is 34.9 Å². The van der Waals surface area contributed by atoms with Crippen LogP contribution in [0.4, 0.5) is 4.79 Å². The molecule has 6 heteroatoms. The minimum absolute atomic E-state index is 0.0223. The Morgan fingerprint density at radius 2 is 2.41 bits per heavy atom. The lowest BCUT2D eigenvalue weighted by molar-refractivity contribution is 0.00475. The van der Waals surface area contributed by atoms with Crippen LogP contribution in [0.3, 0.4) is 0 Å². The molecule has 2 rings (SSSR count). The van der Waals surface area contributed by atoms with Crippen molar-refractivity contribution in [2.45, 2.75) is 18.9 Å². The minimum Gasteiger partial charge on any atom is -0.453 e. The van der Waals surface area contributed by atoms with Crippen LogP contribution < -0.4 is 10.6 Å². The highest BCUT2D eigenvalue weighted by Gasteiger charge is 2.25. The monoisotopic (exact) mass is 326 g/mol. The Kier molecular flexibility index (Phi) is 6.96. The van der Waals surface area contributed by atoms with Gasteiger partial charge in [-0.3, -0.25) is 0 Å². The number of piperidine rings is 1. The first-order chi connectivity index (χ1) is 10.7. The summed E-state index contributed by atoms with van der Waals surface area (Å²) in [6.07, 6.45) is 1.80. The zero-order valence-electron chi connectivity index (χ0n) is 12.8. The van der Waals surface area contributed by atoms with E-state index in [1.807, 2.05) is 24.3 Å². The molecule has 0 aromatic heterocycles. The molecule has 1 fully saturated rings. The molecule has 0 radical (unpaired) electrons. The lowest BCUT2D eigenvalue weighted by Crippen LogP contribution is -2.35. The number of hydrogen-bond donors (Lipinski definition) is 2. The maximum Gasteiger partial charge on any atom is 0.406 e. The van der Waals surface area contributed by atoms with Gasteiger partial charge in [-0.15, -0.1) is 0 Å². The highest BCUT2D eigenvalue weighted by molar-refractivity contribution is 6.30. The molecule has 1 amide bonds. The molecule has 0 bridgehead atoms. The molecule has 0 aliphatic carbocycles. The lowest BCUT2D eigenvalue weighted by atomic mass is 9.89. The summed E-state index contributed by atoms with van der Waals surface area (Å²) in [5.74, 6) is 0.408. The van der Waals surface area contributed by atoms with Gasteiger partial charge in [0.15, 0.2) is 0 Å². The summed E-state index contributed by atoms with van der Waals surface area (Å²) in [7, 11) is 1.35. The predicted octanol–water partition coefficient (Wildman–Crippen LogP) is 2.75. The van der Waals surface area contributed by atoms with E-state index in [0.29, 0.717) is 24.1 Å². The van der Waals surface area contributed by atoms with Crippen molar-refractivity contribution < 1.29 is 14.3 Å². The van der Waals surface area contributed by atoms with Gasteiger partial charge in [-0.1, -0.05) is 23.7 Å². The third-order valence-corrected chi connectivity index (χ3v) is 4.03. The summed E-state index contributed by atoms with van der Waals surface area (Å²) in [5, 5.41) is 6.75. The Labute approximate surface area is 136 Å². The van der Waals surface area contributed by atoms with E-state index in [-0.39, 0.29) is 6.10 Å². The molecule has 1 aliphatic heterocycles. The molecular weight excluding hydrogens is 304 g/mol. The van der Waals surface area contributed by atoms with E-state index in [4.69, 9.17) is 16.3 Å². The van der Waals surface area contributed by atoms with E-state index in [1.165, 1.54) is 7.11 Å². The Bertz CT molecular complexity index is 478. The van der Waals surface area contributed by atoms with Crippen LogP contribution in [0.1, 0.15) is 24.5 Å². The number of rotatable bonds is 6. The number of carbonyl (C=O) groups excluding carboxylic acids is 1. The second-order valence-corrected chi connectivity index (χ2v) is 5.81. The largest absolute Gasteiger partial charge is 0.453 e. The molecule has 0 spiro atoms. The zero-order valence-corrected chi connectivity index (χ0v) is 13.6. The first-order valence-corrected chi connectivity index (χ1v) is 7.98. The molecule has 1 aromatic rings. The van der Waals surface area contributed by atoms with Gasteiger partial charge in [-0.2, -0.15) is 0 Å². The number of alkyl carbamates (subject to hydrolysis) is 1. The van der Waals surface area contributed by atoms with E-state index >= 15 is 0 Å². The fraction of sp³-hybridized carbons (Fsp3) is 0.562. The van der Waals surface area contributed by atoms with Gasteiger partial charge in [-0.25, -0.2) is 4.79 Å². The summed E-state index contributed by atoms with van der Waals surface area (Å²) in [4.78, 5) is 11.1. The first-order valence-electron chi connectivity index (χ1n) is 7.60. The van der Waals surface area contributed by atoms with Crippen LogP contribution in [0.25, 0.3) is 0 Å². The van der Waals surface area contributed by atoms with Gasteiger partial charge in [0.2, 0.25) is 0 Å². The molecule has 22 heavy (non-hydrogen) atoms. The van der Waals surface area contributed by atoms with Crippen molar-refractivity contribution in [3.63, 3.8) is 0 Å². The van der Waals surface area contributed by atoms with Gasteiger partial charge in [0, 0.05) is 24.0 Å². The van der Waals surface area contributed by atoms with Crippen LogP contribution in [0.2, 0.25) is 5.02 Å². The summed E-state index contributed by atoms with van der Waals surface area (Å²) in [5.41, 5.74) is 1.08. The highest BCUT2D eigenvalue weighted by Crippen LogP contribution is 2.31. The molecule has 1 aliphatic rings. The van der Waals surface area contributed by atoms with Crippen LogP contribution in [-0.4, -0.2) is 39.4 Å². The second kappa shape index (κ2) is 8.98. The molecule has 1 unspecified atom stereocenters. The van der Waals surface area contributed by atoms with Crippen LogP contribution in [0, 0.1) is 5.92 Å². The molecule has 2 atom stereocenters. The maximum atomic E-state index is 11.1. The topological polar surface area (TPSA) is 59.6 Å². The van der Waals surface area contributed by atoms with E-state index < -0.39 is 6.09 Å². The molecule has 1 aromatic carbocycles. The summed E-state index contributed by atoms with van der Waals surface area (Å²) in [6.45, 7) is 2.84. The molecule has 5 nitrogen and oxygen atoms in total. The highest BCUT2D eigenvalue weighted by atomic mass is 35.5. The van der Waals surface area contributed by atoms with Gasteiger partial charge in [0.05, 0.1) is 19.8 Å². The number of ether oxygens (including phenoxy) is 2. The van der Waals surface area contributed by atoms with E-state index in [1.54, 1.807) is 0 Å². The van der Waals surface area contributed by atoms with Crippen molar-refractivity contribution in [3.8, 4) is 0 Å². The van der Waals surface area contributed by atoms with Gasteiger partial charge < -0.3 is 20.1 Å². The van der Waals surface area contributed by atoms with E-state index in [0.717, 1.165) is 31.5 Å². The van der Waals surface area contributed by atoms with Crippen molar-refractivity contribution in [1.29, 1.82) is 0 Å². The fourth-order valence-corrected chi connectivity index (χ4v) is 2.94. The van der Waals surface area contributed by atoms with Crippen LogP contribution in [0.15, 0.2) is 24.3 Å². The summed E-state index contributed by atoms with van der Waals surface area (Å²) < 4.78 is 10.6. The smallest absolute Gasteiger partial charge is 0.406 e. The molecule has 2 N–H and O–H groups in total. The molecular formula is C16H23ClN2O3. The lowest BCUT2D eigenvalue weighted by Gasteiger charge is -2.31. The van der Waals surface area contributed by atoms with Crippen molar-refractivity contribution in [2.75, 3.05) is 33.4 Å². The minimum atomic E-state index is -0.442.